The number of hydrogen-bond acceptors (Lipinski definition) is 4. The zero-order valence-electron chi connectivity index (χ0n) is 15.0. The Morgan fingerprint density at radius 2 is 1.93 bits per heavy atom. The molecule has 0 spiro atoms. The Bertz CT molecular complexity index is 838. The second-order valence-electron chi connectivity index (χ2n) is 5.56. The number of hydrogen-bond donors (Lipinski definition) is 1. The Balaban J connectivity index is 2.20. The van der Waals surface area contributed by atoms with Gasteiger partial charge in [0.15, 0.2) is 0 Å². The maximum atomic E-state index is 12.5. The number of benzene rings is 1. The van der Waals surface area contributed by atoms with Crippen LogP contribution in [0.5, 0.6) is 5.75 Å². The number of amides is 2. The van der Waals surface area contributed by atoms with E-state index in [1.807, 2.05) is 13.8 Å². The molecule has 0 saturated carbocycles. The number of alkyl halides is 2. The van der Waals surface area contributed by atoms with Crippen LogP contribution >= 0.6 is 22.9 Å². The number of aryl methyl sites for hydroxylation is 1. The Morgan fingerprint density at radius 3 is 2.48 bits per heavy atom. The van der Waals surface area contributed by atoms with Crippen molar-refractivity contribution in [3.8, 4) is 5.75 Å². The van der Waals surface area contributed by atoms with E-state index in [-0.39, 0.29) is 21.6 Å². The van der Waals surface area contributed by atoms with Gasteiger partial charge >= 0.3 is 6.61 Å². The average Bonchev–Trinajstić information content (AvgIpc) is 2.95. The smallest absolute Gasteiger partial charge is 0.387 e. The van der Waals surface area contributed by atoms with E-state index in [2.05, 4.69) is 10.1 Å². The van der Waals surface area contributed by atoms with Crippen molar-refractivity contribution in [2.45, 2.75) is 27.4 Å². The molecule has 9 heteroatoms. The van der Waals surface area contributed by atoms with Gasteiger partial charge in [-0.25, -0.2) is 0 Å². The van der Waals surface area contributed by atoms with Crippen LogP contribution in [-0.2, 0) is 0 Å². The summed E-state index contributed by atoms with van der Waals surface area (Å²) >= 11 is 7.24. The highest BCUT2D eigenvalue weighted by Crippen LogP contribution is 2.31. The fourth-order valence-corrected chi connectivity index (χ4v) is 3.57. The van der Waals surface area contributed by atoms with Gasteiger partial charge < -0.3 is 15.0 Å². The molecule has 1 N–H and O–H groups in total. The van der Waals surface area contributed by atoms with E-state index >= 15 is 0 Å². The number of nitrogens with zero attached hydrogens (tertiary/aromatic N) is 1. The lowest BCUT2D eigenvalue weighted by Crippen LogP contribution is -2.30. The quantitative estimate of drug-likeness (QED) is 0.687. The maximum Gasteiger partial charge on any atom is 0.387 e. The Kier molecular flexibility index (Phi) is 7.15. The van der Waals surface area contributed by atoms with Crippen LogP contribution in [0.2, 0.25) is 5.02 Å². The van der Waals surface area contributed by atoms with Gasteiger partial charge in [0.2, 0.25) is 0 Å². The normalized spacial score (nSPS) is 10.8. The van der Waals surface area contributed by atoms with Gasteiger partial charge in [-0.15, -0.1) is 11.3 Å². The SMILES string of the molecule is CCN(CC)C(=O)c1ccc(NC(=O)c2sc(C)cc2OC(F)F)cc1Cl. The Hall–Kier alpha value is -2.19. The molecule has 0 fully saturated rings. The van der Waals surface area contributed by atoms with Crippen LogP contribution in [0.4, 0.5) is 14.5 Å². The number of carbonyl (C=O) groups is 2. The Labute approximate surface area is 164 Å². The van der Waals surface area contributed by atoms with E-state index in [4.69, 9.17) is 11.6 Å². The molecule has 2 amide bonds. The van der Waals surface area contributed by atoms with Crippen LogP contribution in [0, 0.1) is 6.92 Å². The summed E-state index contributed by atoms with van der Waals surface area (Å²) in [4.78, 5) is 27.1. The molecule has 146 valence electrons. The summed E-state index contributed by atoms with van der Waals surface area (Å²) in [5.74, 6) is -0.976. The van der Waals surface area contributed by atoms with Gasteiger partial charge in [0.05, 0.1) is 10.6 Å². The summed E-state index contributed by atoms with van der Waals surface area (Å²) in [6.07, 6.45) is 0. The van der Waals surface area contributed by atoms with Crippen molar-refractivity contribution in [1.29, 1.82) is 0 Å². The molecule has 5 nitrogen and oxygen atoms in total. The third-order valence-electron chi connectivity index (χ3n) is 3.75. The molecule has 0 aliphatic rings. The monoisotopic (exact) mass is 416 g/mol. The topological polar surface area (TPSA) is 58.6 Å². The van der Waals surface area contributed by atoms with Crippen molar-refractivity contribution in [1.82, 2.24) is 4.90 Å². The molecular formula is C18H19ClF2N2O3S. The molecule has 27 heavy (non-hydrogen) atoms. The van der Waals surface area contributed by atoms with E-state index in [0.29, 0.717) is 29.2 Å². The lowest BCUT2D eigenvalue weighted by Gasteiger charge is -2.19. The molecule has 0 atom stereocenters. The van der Waals surface area contributed by atoms with Crippen molar-refractivity contribution in [2.75, 3.05) is 18.4 Å². The molecule has 2 rings (SSSR count). The Morgan fingerprint density at radius 1 is 1.26 bits per heavy atom. The van der Waals surface area contributed by atoms with Gasteiger partial charge in [-0.2, -0.15) is 8.78 Å². The highest BCUT2D eigenvalue weighted by Gasteiger charge is 2.21. The minimum absolute atomic E-state index is 0.0345. The number of ether oxygens (including phenoxy) is 1. The first-order valence-corrected chi connectivity index (χ1v) is 9.41. The summed E-state index contributed by atoms with van der Waals surface area (Å²) in [6.45, 7) is 3.50. The number of thiophene rings is 1. The maximum absolute atomic E-state index is 12.5. The molecule has 0 aliphatic heterocycles. The van der Waals surface area contributed by atoms with Crippen molar-refractivity contribution in [3.05, 3.63) is 44.6 Å². The molecule has 2 aromatic rings. The summed E-state index contributed by atoms with van der Waals surface area (Å²) in [5, 5.41) is 2.78. The third kappa shape index (κ3) is 5.17. The molecular weight excluding hydrogens is 398 g/mol. The van der Waals surface area contributed by atoms with Gasteiger partial charge in [0.1, 0.15) is 10.6 Å². The van der Waals surface area contributed by atoms with E-state index in [1.165, 1.54) is 24.3 Å². The third-order valence-corrected chi connectivity index (χ3v) is 5.09. The summed E-state index contributed by atoms with van der Waals surface area (Å²) in [6, 6.07) is 5.89. The summed E-state index contributed by atoms with van der Waals surface area (Å²) < 4.78 is 29.4. The number of rotatable bonds is 7. The van der Waals surface area contributed by atoms with Crippen LogP contribution < -0.4 is 10.1 Å². The second kappa shape index (κ2) is 9.14. The largest absolute Gasteiger partial charge is 0.433 e. The van der Waals surface area contributed by atoms with E-state index in [1.54, 1.807) is 11.8 Å². The standard InChI is InChI=1S/C18H19ClF2N2O3S/c1-4-23(5-2)17(25)12-7-6-11(9-13(12)19)22-16(24)15-14(26-18(20)21)8-10(3)27-15/h6-9,18H,4-5H2,1-3H3,(H,22,24). The van der Waals surface area contributed by atoms with Gasteiger partial charge in [-0.3, -0.25) is 9.59 Å². The lowest BCUT2D eigenvalue weighted by molar-refractivity contribution is -0.0498. The zero-order valence-corrected chi connectivity index (χ0v) is 16.6. The number of carbonyl (C=O) groups excluding carboxylic acids is 2. The van der Waals surface area contributed by atoms with Crippen molar-refractivity contribution in [3.63, 3.8) is 0 Å². The molecule has 1 heterocycles. The van der Waals surface area contributed by atoms with Crippen molar-refractivity contribution in [2.24, 2.45) is 0 Å². The van der Waals surface area contributed by atoms with Crippen LogP contribution in [0.25, 0.3) is 0 Å². The molecule has 0 saturated heterocycles. The minimum Gasteiger partial charge on any atom is -0.433 e. The molecule has 1 aromatic heterocycles. The van der Waals surface area contributed by atoms with Gasteiger partial charge in [0, 0.05) is 23.7 Å². The van der Waals surface area contributed by atoms with E-state index in [9.17, 15) is 18.4 Å². The highest BCUT2D eigenvalue weighted by atomic mass is 35.5. The minimum atomic E-state index is -3.02. The number of halogens is 3. The average molecular weight is 417 g/mol. The van der Waals surface area contributed by atoms with E-state index < -0.39 is 12.5 Å². The van der Waals surface area contributed by atoms with Gasteiger partial charge in [-0.1, -0.05) is 11.6 Å². The first kappa shape index (κ1) is 21.1. The predicted molar refractivity (Wildman–Crippen MR) is 102 cm³/mol. The first-order valence-electron chi connectivity index (χ1n) is 8.22. The molecule has 0 bridgehead atoms. The zero-order chi connectivity index (χ0) is 20.1. The number of nitrogens with one attached hydrogen (secondary N) is 1. The van der Waals surface area contributed by atoms with Crippen LogP contribution in [0.15, 0.2) is 24.3 Å². The second-order valence-corrected chi connectivity index (χ2v) is 7.22. The number of anilines is 1. The van der Waals surface area contributed by atoms with Crippen molar-refractivity contribution < 1.29 is 23.1 Å². The van der Waals surface area contributed by atoms with Crippen LogP contribution in [0.3, 0.4) is 0 Å². The predicted octanol–water partition coefficient (Wildman–Crippen LogP) is 5.05. The molecule has 0 unspecified atom stereocenters. The first-order chi connectivity index (χ1) is 12.8. The lowest BCUT2D eigenvalue weighted by atomic mass is 10.1. The van der Waals surface area contributed by atoms with Gasteiger partial charge in [-0.05, 0) is 45.0 Å². The molecule has 0 aliphatic carbocycles. The van der Waals surface area contributed by atoms with E-state index in [0.717, 1.165) is 11.3 Å². The molecule has 0 radical (unpaired) electrons. The van der Waals surface area contributed by atoms with Crippen molar-refractivity contribution >= 4 is 40.4 Å². The van der Waals surface area contributed by atoms with Crippen LogP contribution in [-0.4, -0.2) is 36.4 Å². The fourth-order valence-electron chi connectivity index (χ4n) is 2.47. The molecule has 1 aromatic carbocycles. The van der Waals surface area contributed by atoms with Gasteiger partial charge in [0.25, 0.3) is 11.8 Å². The summed E-state index contributed by atoms with van der Waals surface area (Å²) in [7, 11) is 0. The summed E-state index contributed by atoms with van der Waals surface area (Å²) in [5.41, 5.74) is 0.669. The highest BCUT2D eigenvalue weighted by molar-refractivity contribution is 7.14. The fraction of sp³-hybridized carbons (Fsp3) is 0.333. The van der Waals surface area contributed by atoms with Crippen LogP contribution in [0.1, 0.15) is 38.8 Å².